The van der Waals surface area contributed by atoms with Crippen LogP contribution in [0.2, 0.25) is 0 Å². The smallest absolute Gasteiger partial charge is 0.225 e. The van der Waals surface area contributed by atoms with Crippen LogP contribution in [-0.4, -0.2) is 40.0 Å². The van der Waals surface area contributed by atoms with Gasteiger partial charge in [0.15, 0.2) is 0 Å². The summed E-state index contributed by atoms with van der Waals surface area (Å²) in [6, 6.07) is 2.17. The number of carbonyl (C=O) groups excluding carboxylic acids is 1. The Morgan fingerprint density at radius 2 is 2.35 bits per heavy atom. The lowest BCUT2D eigenvalue weighted by molar-refractivity contribution is -0.124. The number of hydrogen-bond donors (Lipinski definition) is 2. The number of nitrogens with one attached hydrogen (secondary N) is 2. The molecule has 0 aliphatic carbocycles. The molecule has 1 amide bonds. The van der Waals surface area contributed by atoms with Gasteiger partial charge in [-0.05, 0) is 26.3 Å². The molecule has 1 unspecified atom stereocenters. The van der Waals surface area contributed by atoms with E-state index >= 15 is 0 Å². The molecule has 1 saturated heterocycles. The summed E-state index contributed by atoms with van der Waals surface area (Å²) in [7, 11) is 0. The summed E-state index contributed by atoms with van der Waals surface area (Å²) in [6.07, 6.45) is 4.30. The maximum absolute atomic E-state index is 12.1. The van der Waals surface area contributed by atoms with Crippen LogP contribution in [0, 0.1) is 5.92 Å². The van der Waals surface area contributed by atoms with Crippen LogP contribution in [0.1, 0.15) is 20.3 Å². The lowest BCUT2D eigenvalue weighted by Gasteiger charge is -2.18. The monoisotopic (exact) mass is 273 g/mol. The van der Waals surface area contributed by atoms with Crippen LogP contribution in [0.4, 0.5) is 5.82 Å². The fraction of sp³-hybridized carbons (Fsp3) is 0.500. The third kappa shape index (κ3) is 2.33. The van der Waals surface area contributed by atoms with Crippen molar-refractivity contribution in [2.75, 3.05) is 18.0 Å². The number of amides is 1. The fourth-order valence-electron chi connectivity index (χ4n) is 2.68. The summed E-state index contributed by atoms with van der Waals surface area (Å²) in [5, 5.41) is 4.00. The van der Waals surface area contributed by atoms with Crippen LogP contribution in [0.25, 0.3) is 11.0 Å². The highest BCUT2D eigenvalue weighted by Crippen LogP contribution is 2.27. The Balaban J connectivity index is 1.77. The zero-order chi connectivity index (χ0) is 14.1. The Labute approximate surface area is 117 Å². The average Bonchev–Trinajstić information content (AvgIpc) is 3.06. The van der Waals surface area contributed by atoms with E-state index in [-0.39, 0.29) is 17.9 Å². The molecule has 2 aromatic rings. The van der Waals surface area contributed by atoms with Crippen LogP contribution in [-0.2, 0) is 4.79 Å². The number of hydrogen-bond acceptors (Lipinski definition) is 4. The minimum absolute atomic E-state index is 0.0429. The molecule has 2 N–H and O–H groups in total. The first-order valence-electron chi connectivity index (χ1n) is 6.98. The molecule has 0 radical (unpaired) electrons. The van der Waals surface area contributed by atoms with Crippen molar-refractivity contribution in [1.29, 1.82) is 0 Å². The van der Waals surface area contributed by atoms with Crippen molar-refractivity contribution < 1.29 is 4.79 Å². The second-order valence-electron chi connectivity index (χ2n) is 5.53. The van der Waals surface area contributed by atoms with E-state index in [9.17, 15) is 4.79 Å². The number of rotatable bonds is 3. The summed E-state index contributed by atoms with van der Waals surface area (Å²) in [5.41, 5.74) is 0.838. The van der Waals surface area contributed by atoms with Crippen molar-refractivity contribution in [3.05, 3.63) is 18.6 Å². The van der Waals surface area contributed by atoms with E-state index in [1.807, 2.05) is 26.1 Å². The second-order valence-corrected chi connectivity index (χ2v) is 5.53. The Bertz CT molecular complexity index is 621. The van der Waals surface area contributed by atoms with Gasteiger partial charge in [0.2, 0.25) is 5.91 Å². The topological polar surface area (TPSA) is 73.9 Å². The number of aromatic nitrogens is 3. The van der Waals surface area contributed by atoms with Gasteiger partial charge in [-0.1, -0.05) is 0 Å². The summed E-state index contributed by atoms with van der Waals surface area (Å²) in [5.74, 6) is 1.10. The van der Waals surface area contributed by atoms with Gasteiger partial charge in [0.1, 0.15) is 17.8 Å². The molecule has 0 aromatic carbocycles. The fourth-order valence-corrected chi connectivity index (χ4v) is 2.68. The maximum atomic E-state index is 12.1. The summed E-state index contributed by atoms with van der Waals surface area (Å²) in [4.78, 5) is 25.9. The maximum Gasteiger partial charge on any atom is 0.225 e. The number of carbonyl (C=O) groups is 1. The van der Waals surface area contributed by atoms with Gasteiger partial charge in [-0.2, -0.15) is 0 Å². The lowest BCUT2D eigenvalue weighted by atomic mass is 10.1. The highest BCUT2D eigenvalue weighted by Gasteiger charge is 2.30. The Kier molecular flexibility index (Phi) is 3.30. The van der Waals surface area contributed by atoms with Crippen LogP contribution < -0.4 is 10.2 Å². The van der Waals surface area contributed by atoms with E-state index in [0.29, 0.717) is 0 Å². The zero-order valence-corrected chi connectivity index (χ0v) is 11.8. The molecule has 6 heteroatoms. The minimum atomic E-state index is 0.0429. The summed E-state index contributed by atoms with van der Waals surface area (Å²) in [6.45, 7) is 5.54. The average molecular weight is 273 g/mol. The van der Waals surface area contributed by atoms with Gasteiger partial charge >= 0.3 is 0 Å². The van der Waals surface area contributed by atoms with Gasteiger partial charge in [-0.25, -0.2) is 9.97 Å². The van der Waals surface area contributed by atoms with Crippen LogP contribution in [0.15, 0.2) is 18.6 Å². The van der Waals surface area contributed by atoms with Crippen LogP contribution in [0.5, 0.6) is 0 Å². The zero-order valence-electron chi connectivity index (χ0n) is 11.8. The van der Waals surface area contributed by atoms with Crippen molar-refractivity contribution in [3.63, 3.8) is 0 Å². The minimum Gasteiger partial charge on any atom is -0.355 e. The highest BCUT2D eigenvalue weighted by atomic mass is 16.2. The molecule has 0 spiro atoms. The molecule has 0 bridgehead atoms. The normalized spacial score (nSPS) is 18.9. The highest BCUT2D eigenvalue weighted by molar-refractivity contribution is 5.88. The molecule has 3 heterocycles. The predicted molar refractivity (Wildman–Crippen MR) is 77.5 cm³/mol. The van der Waals surface area contributed by atoms with Crippen molar-refractivity contribution in [3.8, 4) is 0 Å². The molecule has 1 aliphatic rings. The molecule has 6 nitrogen and oxygen atoms in total. The predicted octanol–water partition coefficient (Wildman–Crippen LogP) is 1.31. The van der Waals surface area contributed by atoms with Gasteiger partial charge in [0.25, 0.3) is 0 Å². The second kappa shape index (κ2) is 5.11. The van der Waals surface area contributed by atoms with E-state index in [4.69, 9.17) is 0 Å². The van der Waals surface area contributed by atoms with E-state index in [0.717, 1.165) is 36.4 Å². The van der Waals surface area contributed by atoms with E-state index in [1.54, 1.807) is 6.33 Å². The SMILES string of the molecule is CC(C)NC(=O)C1CCN(c2ncnc3[nH]ccc23)C1. The molecule has 1 fully saturated rings. The number of anilines is 1. The molecule has 2 aromatic heterocycles. The number of fused-ring (bicyclic) bond motifs is 1. The summed E-state index contributed by atoms with van der Waals surface area (Å²) >= 11 is 0. The Hall–Kier alpha value is -2.11. The van der Waals surface area contributed by atoms with Gasteiger partial charge < -0.3 is 15.2 Å². The standard InChI is InChI=1S/C14H19N5O/c1-9(2)18-14(20)10-4-6-19(7-10)13-11-3-5-15-12(11)16-8-17-13/h3,5,8-10H,4,6-7H2,1-2H3,(H,18,20)(H,15,16,17). The first-order valence-corrected chi connectivity index (χ1v) is 6.98. The largest absolute Gasteiger partial charge is 0.355 e. The Morgan fingerprint density at radius 3 is 3.15 bits per heavy atom. The van der Waals surface area contributed by atoms with Crippen molar-refractivity contribution in [1.82, 2.24) is 20.3 Å². The molecule has 0 saturated carbocycles. The molecular weight excluding hydrogens is 254 g/mol. The molecule has 1 aliphatic heterocycles. The third-order valence-corrected chi connectivity index (χ3v) is 3.62. The van der Waals surface area contributed by atoms with Crippen LogP contribution in [0.3, 0.4) is 0 Å². The van der Waals surface area contributed by atoms with Gasteiger partial charge in [-0.3, -0.25) is 4.79 Å². The molecule has 3 rings (SSSR count). The van der Waals surface area contributed by atoms with E-state index < -0.39 is 0 Å². The first kappa shape index (κ1) is 12.9. The molecule has 106 valence electrons. The van der Waals surface area contributed by atoms with Crippen LogP contribution >= 0.6 is 0 Å². The van der Waals surface area contributed by atoms with E-state index in [2.05, 4.69) is 25.2 Å². The van der Waals surface area contributed by atoms with Crippen molar-refractivity contribution in [2.24, 2.45) is 5.92 Å². The molecule has 20 heavy (non-hydrogen) atoms. The molecular formula is C14H19N5O. The quantitative estimate of drug-likeness (QED) is 0.884. The van der Waals surface area contributed by atoms with Crippen molar-refractivity contribution >= 4 is 22.8 Å². The van der Waals surface area contributed by atoms with Gasteiger partial charge in [0, 0.05) is 25.3 Å². The van der Waals surface area contributed by atoms with Gasteiger partial charge in [0.05, 0.1) is 11.3 Å². The lowest BCUT2D eigenvalue weighted by Crippen LogP contribution is -2.37. The number of aromatic amines is 1. The number of H-pyrrole nitrogens is 1. The molecule has 1 atom stereocenters. The van der Waals surface area contributed by atoms with Gasteiger partial charge in [-0.15, -0.1) is 0 Å². The van der Waals surface area contributed by atoms with E-state index in [1.165, 1.54) is 0 Å². The Morgan fingerprint density at radius 1 is 1.50 bits per heavy atom. The third-order valence-electron chi connectivity index (χ3n) is 3.62. The number of nitrogens with zero attached hydrogens (tertiary/aromatic N) is 3. The first-order chi connectivity index (χ1) is 9.65. The summed E-state index contributed by atoms with van der Waals surface area (Å²) < 4.78 is 0. The van der Waals surface area contributed by atoms with Crippen molar-refractivity contribution in [2.45, 2.75) is 26.3 Å².